The van der Waals surface area contributed by atoms with Crippen molar-refractivity contribution in [3.8, 4) is 0 Å². The molecule has 0 spiro atoms. The number of benzene rings is 1. The Morgan fingerprint density at radius 1 is 1.48 bits per heavy atom. The first-order valence-electron chi connectivity index (χ1n) is 6.80. The second kappa shape index (κ2) is 5.28. The van der Waals surface area contributed by atoms with Crippen LogP contribution in [-0.4, -0.2) is 32.1 Å². The third-order valence-electron chi connectivity index (χ3n) is 3.76. The van der Waals surface area contributed by atoms with Crippen LogP contribution in [0.2, 0.25) is 0 Å². The van der Waals surface area contributed by atoms with Gasteiger partial charge in [0.25, 0.3) is 0 Å². The summed E-state index contributed by atoms with van der Waals surface area (Å²) in [5.74, 6) is -0.511. The highest BCUT2D eigenvalue weighted by Gasteiger charge is 2.20. The third-order valence-corrected chi connectivity index (χ3v) is 5.18. The summed E-state index contributed by atoms with van der Waals surface area (Å²) >= 11 is 0. The highest BCUT2D eigenvalue weighted by molar-refractivity contribution is 7.89. The number of hydrogen-bond donors (Lipinski definition) is 2. The van der Waals surface area contributed by atoms with E-state index in [0.717, 1.165) is 19.4 Å². The van der Waals surface area contributed by atoms with Gasteiger partial charge in [-0.2, -0.15) is 0 Å². The Labute approximate surface area is 122 Å². The molecule has 2 N–H and O–H groups in total. The summed E-state index contributed by atoms with van der Waals surface area (Å²) in [6.45, 7) is 1.28. The molecule has 0 aliphatic carbocycles. The average molecular weight is 311 g/mol. The molecule has 1 aromatic heterocycles. The van der Waals surface area contributed by atoms with Crippen molar-refractivity contribution >= 4 is 21.1 Å². The summed E-state index contributed by atoms with van der Waals surface area (Å²) in [5, 5.41) is 3.23. The minimum absolute atomic E-state index is 0.0994. The number of nitrogens with one attached hydrogen (secondary N) is 2. The molecule has 1 saturated heterocycles. The lowest BCUT2D eigenvalue weighted by Crippen LogP contribution is -2.37. The van der Waals surface area contributed by atoms with Crippen LogP contribution < -0.4 is 15.8 Å². The van der Waals surface area contributed by atoms with Gasteiger partial charge in [-0.1, -0.05) is 0 Å². The topological polar surface area (TPSA) is 93.3 Å². The minimum Gasteiger partial charge on any atom is -0.408 e. The SMILES string of the molecule is Cn1c(=O)oc2cc(S(=O)(=O)NCC3CCCN3)ccc21. The van der Waals surface area contributed by atoms with Gasteiger partial charge in [-0.25, -0.2) is 17.9 Å². The van der Waals surface area contributed by atoms with Crippen LogP contribution in [0.25, 0.3) is 11.1 Å². The van der Waals surface area contributed by atoms with Gasteiger partial charge in [0, 0.05) is 25.7 Å². The van der Waals surface area contributed by atoms with Crippen molar-refractivity contribution in [2.75, 3.05) is 13.1 Å². The fourth-order valence-electron chi connectivity index (χ4n) is 2.51. The Morgan fingerprint density at radius 2 is 2.29 bits per heavy atom. The van der Waals surface area contributed by atoms with E-state index in [1.54, 1.807) is 13.1 Å². The molecule has 2 aromatic rings. The molecule has 1 aliphatic heterocycles. The zero-order valence-corrected chi connectivity index (χ0v) is 12.4. The van der Waals surface area contributed by atoms with Gasteiger partial charge >= 0.3 is 5.76 Å². The third kappa shape index (κ3) is 2.74. The Bertz CT molecular complexity index is 816. The first-order chi connectivity index (χ1) is 9.97. The zero-order chi connectivity index (χ0) is 15.0. The molecule has 1 aliphatic rings. The monoisotopic (exact) mass is 311 g/mol. The lowest BCUT2D eigenvalue weighted by molar-refractivity contribution is 0.526. The van der Waals surface area contributed by atoms with Crippen LogP contribution >= 0.6 is 0 Å². The van der Waals surface area contributed by atoms with Gasteiger partial charge in [-0.05, 0) is 31.5 Å². The highest BCUT2D eigenvalue weighted by atomic mass is 32.2. The molecule has 0 radical (unpaired) electrons. The maximum absolute atomic E-state index is 12.3. The van der Waals surface area contributed by atoms with E-state index in [9.17, 15) is 13.2 Å². The second-order valence-corrected chi connectivity index (χ2v) is 6.97. The number of nitrogens with zero attached hydrogens (tertiary/aromatic N) is 1. The van der Waals surface area contributed by atoms with Crippen molar-refractivity contribution in [3.63, 3.8) is 0 Å². The zero-order valence-electron chi connectivity index (χ0n) is 11.6. The smallest absolute Gasteiger partial charge is 0.408 e. The Kier molecular flexibility index (Phi) is 3.60. The van der Waals surface area contributed by atoms with Gasteiger partial charge in [0.1, 0.15) is 0 Å². The minimum atomic E-state index is -3.60. The van der Waals surface area contributed by atoms with Gasteiger partial charge < -0.3 is 9.73 Å². The second-order valence-electron chi connectivity index (χ2n) is 5.20. The number of rotatable bonds is 4. The molecule has 1 unspecified atom stereocenters. The van der Waals surface area contributed by atoms with Crippen LogP contribution in [0.1, 0.15) is 12.8 Å². The van der Waals surface area contributed by atoms with Crippen molar-refractivity contribution < 1.29 is 12.8 Å². The summed E-state index contributed by atoms with van der Waals surface area (Å²) in [4.78, 5) is 11.5. The Hall–Kier alpha value is -1.64. The maximum Gasteiger partial charge on any atom is 0.419 e. The molecule has 1 atom stereocenters. The lowest BCUT2D eigenvalue weighted by atomic mass is 10.2. The van der Waals surface area contributed by atoms with Crippen LogP contribution in [0.4, 0.5) is 0 Å². The van der Waals surface area contributed by atoms with Crippen LogP contribution in [0.3, 0.4) is 0 Å². The first kappa shape index (κ1) is 14.3. The summed E-state index contributed by atoms with van der Waals surface area (Å²) in [5.41, 5.74) is 0.834. The van der Waals surface area contributed by atoms with E-state index in [-0.39, 0.29) is 16.5 Å². The van der Waals surface area contributed by atoms with E-state index in [0.29, 0.717) is 12.1 Å². The van der Waals surface area contributed by atoms with E-state index in [2.05, 4.69) is 10.0 Å². The van der Waals surface area contributed by atoms with Gasteiger partial charge in [0.15, 0.2) is 5.58 Å². The summed E-state index contributed by atoms with van der Waals surface area (Å²) in [6, 6.07) is 4.60. The van der Waals surface area contributed by atoms with E-state index in [1.807, 2.05) is 0 Å². The van der Waals surface area contributed by atoms with Crippen molar-refractivity contribution in [2.24, 2.45) is 7.05 Å². The molecule has 0 amide bonds. The molecule has 8 heteroatoms. The highest BCUT2D eigenvalue weighted by Crippen LogP contribution is 2.18. The molecule has 0 saturated carbocycles. The van der Waals surface area contributed by atoms with Crippen molar-refractivity contribution in [1.82, 2.24) is 14.6 Å². The molecule has 1 aromatic carbocycles. The number of fused-ring (bicyclic) bond motifs is 1. The summed E-state index contributed by atoms with van der Waals surface area (Å²) < 4.78 is 33.5. The number of sulfonamides is 1. The number of oxazole rings is 1. The van der Waals surface area contributed by atoms with E-state index in [4.69, 9.17) is 4.42 Å². The van der Waals surface area contributed by atoms with Crippen LogP contribution in [0, 0.1) is 0 Å². The largest absolute Gasteiger partial charge is 0.419 e. The molecule has 21 heavy (non-hydrogen) atoms. The molecule has 1 fully saturated rings. The summed E-state index contributed by atoms with van der Waals surface area (Å²) in [7, 11) is -2.03. The maximum atomic E-state index is 12.3. The normalized spacial score (nSPS) is 19.4. The molecule has 0 bridgehead atoms. The standard InChI is InChI=1S/C13H17N3O4S/c1-16-11-5-4-10(7-12(11)20-13(16)17)21(18,19)15-8-9-3-2-6-14-9/h4-5,7,9,14-15H,2-3,6,8H2,1H3. The molecule has 7 nitrogen and oxygen atoms in total. The number of hydrogen-bond acceptors (Lipinski definition) is 5. The fourth-order valence-corrected chi connectivity index (χ4v) is 3.60. The molecule has 114 valence electrons. The van der Waals surface area contributed by atoms with E-state index in [1.165, 1.54) is 16.7 Å². The lowest BCUT2D eigenvalue weighted by Gasteiger charge is -2.11. The average Bonchev–Trinajstić information content (AvgIpc) is 3.06. The van der Waals surface area contributed by atoms with Crippen LogP contribution in [0.15, 0.2) is 32.3 Å². The van der Waals surface area contributed by atoms with Gasteiger partial charge in [0.2, 0.25) is 10.0 Å². The molecular formula is C13H17N3O4S. The Balaban J connectivity index is 1.85. The summed E-state index contributed by atoms with van der Waals surface area (Å²) in [6.07, 6.45) is 2.03. The fraction of sp³-hybridized carbons (Fsp3) is 0.462. The van der Waals surface area contributed by atoms with Crippen LogP contribution in [-0.2, 0) is 17.1 Å². The van der Waals surface area contributed by atoms with Crippen molar-refractivity contribution in [3.05, 3.63) is 28.7 Å². The van der Waals surface area contributed by atoms with Gasteiger partial charge in [0.05, 0.1) is 10.4 Å². The first-order valence-corrected chi connectivity index (χ1v) is 8.28. The van der Waals surface area contributed by atoms with Crippen molar-refractivity contribution in [1.29, 1.82) is 0 Å². The number of aryl methyl sites for hydroxylation is 1. The number of aromatic nitrogens is 1. The molecule has 3 rings (SSSR count). The van der Waals surface area contributed by atoms with E-state index < -0.39 is 15.8 Å². The van der Waals surface area contributed by atoms with Crippen molar-refractivity contribution in [2.45, 2.75) is 23.8 Å². The van der Waals surface area contributed by atoms with Gasteiger partial charge in [-0.3, -0.25) is 4.57 Å². The Morgan fingerprint density at radius 3 is 3.00 bits per heavy atom. The van der Waals surface area contributed by atoms with Gasteiger partial charge in [-0.15, -0.1) is 0 Å². The predicted octanol–water partition coefficient (Wildman–Crippen LogP) is 0.162. The molecular weight excluding hydrogens is 294 g/mol. The quantitative estimate of drug-likeness (QED) is 0.839. The van der Waals surface area contributed by atoms with Crippen LogP contribution in [0.5, 0.6) is 0 Å². The predicted molar refractivity (Wildman–Crippen MR) is 77.7 cm³/mol. The van der Waals surface area contributed by atoms with E-state index >= 15 is 0 Å². The molecule has 2 heterocycles.